The van der Waals surface area contributed by atoms with Crippen molar-refractivity contribution in [3.05, 3.63) is 114 Å². The number of carbonyl (C=O) groups is 1. The van der Waals surface area contributed by atoms with E-state index in [0.717, 1.165) is 10.6 Å². The van der Waals surface area contributed by atoms with Crippen LogP contribution in [0.25, 0.3) is 0 Å². The number of nitrogens with zero attached hydrogens (tertiary/aromatic N) is 1. The second-order valence-electron chi connectivity index (χ2n) is 8.17. The predicted molar refractivity (Wildman–Crippen MR) is 141 cm³/mol. The molecule has 0 atom stereocenters. The van der Waals surface area contributed by atoms with Gasteiger partial charge in [0.15, 0.2) is 0 Å². The minimum atomic E-state index is -3.72. The Morgan fingerprint density at radius 2 is 1.54 bits per heavy atom. The van der Waals surface area contributed by atoms with Crippen LogP contribution in [0.15, 0.2) is 97.1 Å². The molecule has 190 valence electrons. The van der Waals surface area contributed by atoms with Crippen molar-refractivity contribution in [2.24, 2.45) is 0 Å². The van der Waals surface area contributed by atoms with E-state index in [1.165, 1.54) is 31.4 Å². The van der Waals surface area contributed by atoms with Gasteiger partial charge in [-0.25, -0.2) is 12.8 Å². The molecule has 4 aromatic carbocycles. The quantitative estimate of drug-likeness (QED) is 0.300. The maximum Gasteiger partial charge on any atom is 0.255 e. The number of rotatable bonds is 9. The highest BCUT2D eigenvalue weighted by molar-refractivity contribution is 7.92. The number of hydrogen-bond donors (Lipinski definition) is 1. The molecule has 0 unspecified atom stereocenters. The molecule has 0 saturated heterocycles. The number of para-hydroxylation sites is 1. The van der Waals surface area contributed by atoms with Crippen LogP contribution >= 0.6 is 0 Å². The van der Waals surface area contributed by atoms with E-state index in [1.807, 2.05) is 30.3 Å². The lowest BCUT2D eigenvalue weighted by atomic mass is 10.1. The third kappa shape index (κ3) is 6.65. The van der Waals surface area contributed by atoms with Gasteiger partial charge in [0.2, 0.25) is 10.0 Å². The first-order chi connectivity index (χ1) is 17.7. The zero-order chi connectivity index (χ0) is 26.4. The van der Waals surface area contributed by atoms with Crippen molar-refractivity contribution in [1.29, 1.82) is 0 Å². The van der Waals surface area contributed by atoms with Crippen LogP contribution in [-0.2, 0) is 16.6 Å². The highest BCUT2D eigenvalue weighted by atomic mass is 32.2. The van der Waals surface area contributed by atoms with Crippen molar-refractivity contribution in [2.75, 3.05) is 23.0 Å². The van der Waals surface area contributed by atoms with Crippen molar-refractivity contribution in [3.8, 4) is 17.2 Å². The minimum Gasteiger partial charge on any atom is -0.496 e. The van der Waals surface area contributed by atoms with Gasteiger partial charge in [-0.2, -0.15) is 0 Å². The number of halogens is 1. The van der Waals surface area contributed by atoms with Crippen LogP contribution in [0.3, 0.4) is 0 Å². The number of benzene rings is 4. The number of hydrogen-bond acceptors (Lipinski definition) is 5. The monoisotopic (exact) mass is 520 g/mol. The Bertz CT molecular complexity index is 1480. The molecular weight excluding hydrogens is 495 g/mol. The molecule has 4 rings (SSSR count). The normalized spacial score (nSPS) is 11.0. The molecule has 0 radical (unpaired) electrons. The average Bonchev–Trinajstić information content (AvgIpc) is 2.89. The first-order valence-corrected chi connectivity index (χ1v) is 13.1. The number of anilines is 2. The maximum absolute atomic E-state index is 13.4. The molecule has 1 N–H and O–H groups in total. The van der Waals surface area contributed by atoms with Crippen LogP contribution < -0.4 is 19.1 Å². The van der Waals surface area contributed by atoms with E-state index < -0.39 is 15.8 Å². The van der Waals surface area contributed by atoms with Gasteiger partial charge >= 0.3 is 0 Å². The summed E-state index contributed by atoms with van der Waals surface area (Å²) in [5.41, 5.74) is 1.63. The van der Waals surface area contributed by atoms with Crippen molar-refractivity contribution in [3.63, 3.8) is 0 Å². The molecule has 0 aliphatic rings. The fraction of sp³-hybridized carbons (Fsp3) is 0.107. The van der Waals surface area contributed by atoms with Crippen LogP contribution in [0.4, 0.5) is 15.8 Å². The standard InChI is InChI=1S/C28H25FN2O5S/c1-35-27-17-8-20(18-21(27)19-31(37(2,33)34)24-13-9-22(29)10-14-24)28(32)30-23-11-15-26(16-12-23)36-25-6-4-3-5-7-25/h3-18H,19H2,1-2H3,(H,30,32). The van der Waals surface area contributed by atoms with Crippen LogP contribution in [0.1, 0.15) is 15.9 Å². The lowest BCUT2D eigenvalue weighted by Gasteiger charge is -2.24. The molecule has 0 aliphatic heterocycles. The third-order valence-electron chi connectivity index (χ3n) is 5.46. The molecule has 1 amide bonds. The summed E-state index contributed by atoms with van der Waals surface area (Å²) >= 11 is 0. The van der Waals surface area contributed by atoms with Gasteiger partial charge < -0.3 is 14.8 Å². The molecule has 37 heavy (non-hydrogen) atoms. The Kier molecular flexibility index (Phi) is 7.74. The van der Waals surface area contributed by atoms with Gasteiger partial charge in [-0.1, -0.05) is 18.2 Å². The molecule has 0 fully saturated rings. The first kappa shape index (κ1) is 25.7. The molecule has 0 bridgehead atoms. The fourth-order valence-electron chi connectivity index (χ4n) is 3.64. The summed E-state index contributed by atoms with van der Waals surface area (Å²) in [7, 11) is -2.26. The smallest absolute Gasteiger partial charge is 0.255 e. The Balaban J connectivity index is 1.53. The van der Waals surface area contributed by atoms with E-state index in [2.05, 4.69) is 5.32 Å². The fourth-order valence-corrected chi connectivity index (χ4v) is 4.52. The van der Waals surface area contributed by atoms with E-state index in [0.29, 0.717) is 39.8 Å². The molecule has 0 aromatic heterocycles. The van der Waals surface area contributed by atoms with Crippen molar-refractivity contribution in [2.45, 2.75) is 6.54 Å². The summed E-state index contributed by atoms with van der Waals surface area (Å²) < 4.78 is 50.7. The zero-order valence-electron chi connectivity index (χ0n) is 20.2. The highest BCUT2D eigenvalue weighted by Gasteiger charge is 2.21. The van der Waals surface area contributed by atoms with Gasteiger partial charge in [-0.3, -0.25) is 9.10 Å². The number of sulfonamides is 1. The van der Waals surface area contributed by atoms with Gasteiger partial charge in [0.05, 0.1) is 25.6 Å². The molecule has 0 saturated carbocycles. The largest absolute Gasteiger partial charge is 0.496 e. The topological polar surface area (TPSA) is 84.9 Å². The predicted octanol–water partition coefficient (Wildman–Crippen LogP) is 5.85. The summed E-state index contributed by atoms with van der Waals surface area (Å²) in [5.74, 6) is 0.877. The van der Waals surface area contributed by atoms with Crippen molar-refractivity contribution < 1.29 is 27.1 Å². The number of ether oxygens (including phenoxy) is 2. The van der Waals surface area contributed by atoms with Gasteiger partial charge in [0, 0.05) is 16.8 Å². The van der Waals surface area contributed by atoms with E-state index >= 15 is 0 Å². The number of nitrogens with one attached hydrogen (secondary N) is 1. The highest BCUT2D eigenvalue weighted by Crippen LogP contribution is 2.28. The molecular formula is C28H25FN2O5S. The summed E-state index contributed by atoms with van der Waals surface area (Å²) in [5, 5.41) is 2.83. The number of carbonyl (C=O) groups excluding carboxylic acids is 1. The van der Waals surface area contributed by atoms with Crippen LogP contribution in [0.5, 0.6) is 17.2 Å². The molecule has 0 spiro atoms. The maximum atomic E-state index is 13.4. The second kappa shape index (κ2) is 11.1. The van der Waals surface area contributed by atoms with Crippen LogP contribution in [0.2, 0.25) is 0 Å². The Morgan fingerprint density at radius 1 is 0.892 bits per heavy atom. The molecule has 4 aromatic rings. The summed E-state index contributed by atoms with van der Waals surface area (Å²) in [4.78, 5) is 13.0. The minimum absolute atomic E-state index is 0.111. The van der Waals surface area contributed by atoms with E-state index in [-0.39, 0.29) is 12.5 Å². The average molecular weight is 521 g/mol. The van der Waals surface area contributed by atoms with Gasteiger partial charge in [0.25, 0.3) is 5.91 Å². The second-order valence-corrected chi connectivity index (χ2v) is 10.1. The van der Waals surface area contributed by atoms with Crippen molar-refractivity contribution in [1.82, 2.24) is 0 Å². The zero-order valence-corrected chi connectivity index (χ0v) is 21.0. The van der Waals surface area contributed by atoms with E-state index in [9.17, 15) is 17.6 Å². The van der Waals surface area contributed by atoms with E-state index in [1.54, 1.807) is 42.5 Å². The number of methoxy groups -OCH3 is 1. The third-order valence-corrected chi connectivity index (χ3v) is 6.60. The number of amides is 1. The van der Waals surface area contributed by atoms with Gasteiger partial charge in [-0.15, -0.1) is 0 Å². The lowest BCUT2D eigenvalue weighted by molar-refractivity contribution is 0.102. The molecule has 7 nitrogen and oxygen atoms in total. The van der Waals surface area contributed by atoms with E-state index in [4.69, 9.17) is 9.47 Å². The Hall–Kier alpha value is -4.37. The van der Waals surface area contributed by atoms with Crippen LogP contribution in [0, 0.1) is 5.82 Å². The Labute approximate surface area is 215 Å². The van der Waals surface area contributed by atoms with Crippen molar-refractivity contribution >= 4 is 27.3 Å². The molecule has 0 heterocycles. The first-order valence-electron chi connectivity index (χ1n) is 11.3. The van der Waals surface area contributed by atoms with Gasteiger partial charge in [0.1, 0.15) is 23.1 Å². The molecule has 9 heteroatoms. The summed E-state index contributed by atoms with van der Waals surface area (Å²) in [6.45, 7) is -0.111. The summed E-state index contributed by atoms with van der Waals surface area (Å²) in [6.07, 6.45) is 1.06. The van der Waals surface area contributed by atoms with Gasteiger partial charge in [-0.05, 0) is 78.9 Å². The molecule has 0 aliphatic carbocycles. The van der Waals surface area contributed by atoms with Crippen LogP contribution in [-0.4, -0.2) is 27.7 Å². The summed E-state index contributed by atoms with van der Waals surface area (Å²) in [6, 6.07) is 26.2. The lowest BCUT2D eigenvalue weighted by Crippen LogP contribution is -2.29. The Morgan fingerprint density at radius 3 is 2.16 bits per heavy atom. The SMILES string of the molecule is COc1ccc(C(=O)Nc2ccc(Oc3ccccc3)cc2)cc1CN(c1ccc(F)cc1)S(C)(=O)=O.